The highest BCUT2D eigenvalue weighted by Gasteiger charge is 2.54. The Morgan fingerprint density at radius 1 is 1.43 bits per heavy atom. The number of amides is 1. The molecule has 3 rings (SSSR count). The van der Waals surface area contributed by atoms with Crippen molar-refractivity contribution in [1.82, 2.24) is 10.2 Å². The third kappa shape index (κ3) is 0.991. The molecule has 2 aliphatic heterocycles. The van der Waals surface area contributed by atoms with E-state index in [0.29, 0.717) is 18.0 Å². The van der Waals surface area contributed by atoms with E-state index in [2.05, 4.69) is 17.1 Å². The molecule has 14 heavy (non-hydrogen) atoms. The van der Waals surface area contributed by atoms with Gasteiger partial charge in [-0.3, -0.25) is 10.1 Å². The number of nitrogens with one attached hydrogen (secondary N) is 1. The second-order valence-electron chi connectivity index (χ2n) is 5.14. The molecular weight excluding hydrogens is 176 g/mol. The molecule has 1 amide bonds. The number of fused-ring (bicyclic) bond motifs is 3. The lowest BCUT2D eigenvalue weighted by Crippen LogP contribution is -2.47. The maximum atomic E-state index is 11.8. The van der Waals surface area contributed by atoms with Gasteiger partial charge in [0.15, 0.2) is 0 Å². The molecule has 2 heterocycles. The average Bonchev–Trinajstić information content (AvgIpc) is 2.60. The summed E-state index contributed by atoms with van der Waals surface area (Å²) in [6.07, 6.45) is 6.82. The van der Waals surface area contributed by atoms with Gasteiger partial charge in [-0.25, -0.2) is 0 Å². The van der Waals surface area contributed by atoms with Crippen LogP contribution in [0.2, 0.25) is 0 Å². The predicted octanol–water partition coefficient (Wildman–Crippen LogP) is 1.24. The minimum atomic E-state index is -0.00322. The molecule has 0 aromatic carbocycles. The average molecular weight is 194 g/mol. The summed E-state index contributed by atoms with van der Waals surface area (Å²) in [7, 11) is 0. The van der Waals surface area contributed by atoms with Crippen LogP contribution in [0.25, 0.3) is 0 Å². The van der Waals surface area contributed by atoms with Gasteiger partial charge >= 0.3 is 0 Å². The zero-order chi connectivity index (χ0) is 9.76. The highest BCUT2D eigenvalue weighted by molar-refractivity contribution is 5.80. The number of nitrogens with zero attached hydrogens (tertiary/aromatic N) is 1. The van der Waals surface area contributed by atoms with Crippen LogP contribution in [0.5, 0.6) is 0 Å². The summed E-state index contributed by atoms with van der Waals surface area (Å²) in [4.78, 5) is 14.0. The van der Waals surface area contributed by atoms with Crippen LogP contribution in [0.15, 0.2) is 0 Å². The number of hydrogen-bond acceptors (Lipinski definition) is 2. The maximum Gasteiger partial charge on any atom is 0.224 e. The standard InChI is InChI=1S/C11H18N2O/c1-11-7-6-10(14)13(11)9-5-3-2-4-8(9)12-11/h8-9,12H,2-7H2,1H3/t8-,9-,11+/m0/s1. The van der Waals surface area contributed by atoms with Gasteiger partial charge in [-0.15, -0.1) is 0 Å². The molecule has 3 nitrogen and oxygen atoms in total. The van der Waals surface area contributed by atoms with Gasteiger partial charge in [0.25, 0.3) is 0 Å². The van der Waals surface area contributed by atoms with E-state index in [-0.39, 0.29) is 5.66 Å². The van der Waals surface area contributed by atoms with Gasteiger partial charge in [0, 0.05) is 18.5 Å². The predicted molar refractivity (Wildman–Crippen MR) is 53.7 cm³/mol. The van der Waals surface area contributed by atoms with Gasteiger partial charge < -0.3 is 4.90 Å². The molecule has 3 atom stereocenters. The van der Waals surface area contributed by atoms with Gasteiger partial charge in [0.05, 0.1) is 5.66 Å². The first-order valence-electron chi connectivity index (χ1n) is 5.81. The monoisotopic (exact) mass is 194 g/mol. The Kier molecular flexibility index (Phi) is 1.69. The van der Waals surface area contributed by atoms with Crippen molar-refractivity contribution in [2.75, 3.05) is 0 Å². The van der Waals surface area contributed by atoms with Crippen LogP contribution in [0.3, 0.4) is 0 Å². The Bertz CT molecular complexity index is 278. The molecule has 0 aromatic rings. The van der Waals surface area contributed by atoms with Crippen LogP contribution < -0.4 is 5.32 Å². The topological polar surface area (TPSA) is 32.3 Å². The van der Waals surface area contributed by atoms with Gasteiger partial charge in [-0.1, -0.05) is 12.8 Å². The van der Waals surface area contributed by atoms with Crippen molar-refractivity contribution in [3.05, 3.63) is 0 Å². The maximum absolute atomic E-state index is 11.8. The Balaban J connectivity index is 1.92. The Morgan fingerprint density at radius 2 is 2.21 bits per heavy atom. The zero-order valence-electron chi connectivity index (χ0n) is 8.75. The molecule has 2 saturated heterocycles. The van der Waals surface area contributed by atoms with Crippen molar-refractivity contribution in [1.29, 1.82) is 0 Å². The van der Waals surface area contributed by atoms with Crippen LogP contribution in [-0.4, -0.2) is 28.6 Å². The summed E-state index contributed by atoms with van der Waals surface area (Å²) in [5, 5.41) is 3.67. The second-order valence-corrected chi connectivity index (χ2v) is 5.14. The zero-order valence-corrected chi connectivity index (χ0v) is 8.75. The third-order valence-electron chi connectivity index (χ3n) is 4.18. The van der Waals surface area contributed by atoms with E-state index in [1.54, 1.807) is 0 Å². The molecule has 0 unspecified atom stereocenters. The van der Waals surface area contributed by atoms with E-state index >= 15 is 0 Å². The molecule has 3 aliphatic rings. The van der Waals surface area contributed by atoms with Crippen LogP contribution in [0.4, 0.5) is 0 Å². The van der Waals surface area contributed by atoms with Gasteiger partial charge in [-0.2, -0.15) is 0 Å². The number of hydrogen-bond donors (Lipinski definition) is 1. The first-order valence-corrected chi connectivity index (χ1v) is 5.81. The summed E-state index contributed by atoms with van der Waals surface area (Å²) in [6, 6.07) is 1.08. The summed E-state index contributed by atoms with van der Waals surface area (Å²) < 4.78 is 0. The summed E-state index contributed by atoms with van der Waals surface area (Å²) in [5.74, 6) is 0.370. The van der Waals surface area contributed by atoms with Crippen LogP contribution in [-0.2, 0) is 4.79 Å². The first kappa shape index (κ1) is 8.72. The van der Waals surface area contributed by atoms with Crippen molar-refractivity contribution < 1.29 is 4.79 Å². The quantitative estimate of drug-likeness (QED) is 0.629. The fraction of sp³-hybridized carbons (Fsp3) is 0.909. The molecule has 1 saturated carbocycles. The minimum Gasteiger partial charge on any atom is -0.320 e. The molecule has 1 aliphatic carbocycles. The normalized spacial score (nSPS) is 46.6. The van der Waals surface area contributed by atoms with E-state index in [1.807, 2.05) is 0 Å². The molecule has 0 bridgehead atoms. The molecule has 78 valence electrons. The summed E-state index contributed by atoms with van der Waals surface area (Å²) in [6.45, 7) is 2.19. The van der Waals surface area contributed by atoms with Crippen molar-refractivity contribution in [3.8, 4) is 0 Å². The van der Waals surface area contributed by atoms with Gasteiger partial charge in [0.1, 0.15) is 0 Å². The molecule has 3 heteroatoms. The van der Waals surface area contributed by atoms with Crippen molar-refractivity contribution in [2.45, 2.75) is 63.2 Å². The number of rotatable bonds is 0. The lowest BCUT2D eigenvalue weighted by Gasteiger charge is -2.32. The third-order valence-corrected chi connectivity index (χ3v) is 4.18. The fourth-order valence-corrected chi connectivity index (χ4v) is 3.55. The highest BCUT2D eigenvalue weighted by atomic mass is 16.2. The molecule has 3 fully saturated rings. The van der Waals surface area contributed by atoms with Crippen molar-refractivity contribution in [3.63, 3.8) is 0 Å². The highest BCUT2D eigenvalue weighted by Crippen LogP contribution is 2.41. The van der Waals surface area contributed by atoms with E-state index < -0.39 is 0 Å². The van der Waals surface area contributed by atoms with Crippen molar-refractivity contribution in [2.24, 2.45) is 0 Å². The summed E-state index contributed by atoms with van der Waals surface area (Å²) >= 11 is 0. The largest absolute Gasteiger partial charge is 0.320 e. The van der Waals surface area contributed by atoms with E-state index in [0.717, 1.165) is 12.8 Å². The molecule has 0 radical (unpaired) electrons. The van der Waals surface area contributed by atoms with E-state index in [9.17, 15) is 4.79 Å². The van der Waals surface area contributed by atoms with E-state index in [4.69, 9.17) is 0 Å². The number of carbonyl (C=O) groups is 1. The van der Waals surface area contributed by atoms with Crippen molar-refractivity contribution >= 4 is 5.91 Å². The Morgan fingerprint density at radius 3 is 3.07 bits per heavy atom. The molecule has 1 N–H and O–H groups in total. The Hall–Kier alpha value is -0.570. The van der Waals surface area contributed by atoms with E-state index in [1.165, 1.54) is 25.7 Å². The second kappa shape index (κ2) is 2.72. The van der Waals surface area contributed by atoms with Crippen LogP contribution in [0, 0.1) is 0 Å². The number of carbonyl (C=O) groups excluding carboxylic acids is 1. The smallest absolute Gasteiger partial charge is 0.224 e. The molecule has 0 spiro atoms. The van der Waals surface area contributed by atoms with Crippen LogP contribution >= 0.6 is 0 Å². The van der Waals surface area contributed by atoms with Gasteiger partial charge in [0.2, 0.25) is 5.91 Å². The molecule has 0 aromatic heterocycles. The lowest BCUT2D eigenvalue weighted by atomic mass is 9.91. The lowest BCUT2D eigenvalue weighted by molar-refractivity contribution is -0.132. The SMILES string of the molecule is C[C@]12CCC(=O)N1[C@H]1CCCC[C@@H]1N2. The Labute approximate surface area is 84.8 Å². The fourth-order valence-electron chi connectivity index (χ4n) is 3.55. The van der Waals surface area contributed by atoms with Crippen LogP contribution in [0.1, 0.15) is 45.4 Å². The minimum absolute atomic E-state index is 0.00322. The van der Waals surface area contributed by atoms with Gasteiger partial charge in [-0.05, 0) is 26.2 Å². The first-order chi connectivity index (χ1) is 6.71. The summed E-state index contributed by atoms with van der Waals surface area (Å²) in [5.41, 5.74) is -0.00322. The molecular formula is C11H18N2O.